The summed E-state index contributed by atoms with van der Waals surface area (Å²) in [6.07, 6.45) is 10.00. The van der Waals surface area contributed by atoms with Gasteiger partial charge in [-0.1, -0.05) is 13.8 Å². The number of hydrogen-bond donors (Lipinski definition) is 1. The standard InChI is InChI=1S/C17H32N2/c1-4-15-11-18-17(3,14-7-8-14)12-19(15)16-9-5-13(2)6-10-16/h13-16,18H,4-12H2,1-3H3. The first-order chi connectivity index (χ1) is 9.12. The third kappa shape index (κ3) is 2.85. The SMILES string of the molecule is CCC1CNC(C)(C2CC2)CN1C1CCC(C)CC1. The number of nitrogens with zero attached hydrogens (tertiary/aromatic N) is 1. The van der Waals surface area contributed by atoms with E-state index in [1.54, 1.807) is 0 Å². The van der Waals surface area contributed by atoms with Crippen LogP contribution in [0.1, 0.15) is 65.7 Å². The van der Waals surface area contributed by atoms with Gasteiger partial charge in [0, 0.05) is 30.7 Å². The second kappa shape index (κ2) is 5.37. The lowest BCUT2D eigenvalue weighted by atomic mass is 9.83. The van der Waals surface area contributed by atoms with Gasteiger partial charge >= 0.3 is 0 Å². The summed E-state index contributed by atoms with van der Waals surface area (Å²) in [5.41, 5.74) is 0.411. The minimum absolute atomic E-state index is 0.411. The van der Waals surface area contributed by atoms with Crippen LogP contribution < -0.4 is 5.32 Å². The average molecular weight is 264 g/mol. The molecule has 2 atom stereocenters. The molecule has 0 aromatic rings. The van der Waals surface area contributed by atoms with Crippen LogP contribution in [0.5, 0.6) is 0 Å². The topological polar surface area (TPSA) is 15.3 Å². The van der Waals surface area contributed by atoms with Gasteiger partial charge < -0.3 is 5.32 Å². The van der Waals surface area contributed by atoms with Crippen molar-refractivity contribution in [3.63, 3.8) is 0 Å². The van der Waals surface area contributed by atoms with E-state index in [0.717, 1.165) is 23.9 Å². The van der Waals surface area contributed by atoms with Crippen LogP contribution in [0.4, 0.5) is 0 Å². The van der Waals surface area contributed by atoms with Crippen LogP contribution in [0, 0.1) is 11.8 Å². The van der Waals surface area contributed by atoms with Crippen LogP contribution in [0.2, 0.25) is 0 Å². The summed E-state index contributed by atoms with van der Waals surface area (Å²) in [5, 5.41) is 3.89. The molecule has 0 bridgehead atoms. The number of hydrogen-bond acceptors (Lipinski definition) is 2. The molecular formula is C17H32N2. The monoisotopic (exact) mass is 264 g/mol. The van der Waals surface area contributed by atoms with Crippen LogP contribution in [0.15, 0.2) is 0 Å². The van der Waals surface area contributed by atoms with Crippen LogP contribution >= 0.6 is 0 Å². The second-order valence-corrected chi connectivity index (χ2v) is 7.72. The lowest BCUT2D eigenvalue weighted by Crippen LogP contribution is -2.66. The molecule has 1 saturated heterocycles. The summed E-state index contributed by atoms with van der Waals surface area (Å²) < 4.78 is 0. The molecule has 3 aliphatic rings. The van der Waals surface area contributed by atoms with E-state index in [2.05, 4.69) is 31.0 Å². The van der Waals surface area contributed by atoms with Crippen molar-refractivity contribution in [2.45, 2.75) is 83.3 Å². The molecule has 2 aliphatic carbocycles. The van der Waals surface area contributed by atoms with Gasteiger partial charge in [-0.15, -0.1) is 0 Å². The first kappa shape index (κ1) is 13.9. The van der Waals surface area contributed by atoms with Gasteiger partial charge in [-0.05, 0) is 63.7 Å². The summed E-state index contributed by atoms with van der Waals surface area (Å²) in [5.74, 6) is 1.92. The summed E-state index contributed by atoms with van der Waals surface area (Å²) in [7, 11) is 0. The van der Waals surface area contributed by atoms with Crippen molar-refractivity contribution in [3.05, 3.63) is 0 Å². The van der Waals surface area contributed by atoms with E-state index in [1.807, 2.05) is 0 Å². The van der Waals surface area contributed by atoms with Gasteiger partial charge in [-0.2, -0.15) is 0 Å². The van der Waals surface area contributed by atoms with Gasteiger partial charge in [-0.3, -0.25) is 4.90 Å². The molecule has 3 fully saturated rings. The highest BCUT2D eigenvalue weighted by Gasteiger charge is 2.47. The quantitative estimate of drug-likeness (QED) is 0.840. The molecule has 0 aromatic heterocycles. The highest BCUT2D eigenvalue weighted by atomic mass is 15.3. The Hall–Kier alpha value is -0.0800. The molecule has 2 unspecified atom stereocenters. The Bertz CT molecular complexity index is 304. The Labute approximate surface area is 119 Å². The van der Waals surface area contributed by atoms with E-state index in [0.29, 0.717) is 5.54 Å². The maximum atomic E-state index is 3.89. The Balaban J connectivity index is 1.68. The summed E-state index contributed by atoms with van der Waals surface area (Å²) >= 11 is 0. The Kier molecular flexibility index (Phi) is 3.92. The molecule has 1 heterocycles. The number of nitrogens with one attached hydrogen (secondary N) is 1. The van der Waals surface area contributed by atoms with Crippen LogP contribution in [0.25, 0.3) is 0 Å². The van der Waals surface area contributed by atoms with E-state index in [4.69, 9.17) is 0 Å². The predicted molar refractivity (Wildman–Crippen MR) is 81.3 cm³/mol. The molecule has 1 N–H and O–H groups in total. The fourth-order valence-corrected chi connectivity index (χ4v) is 4.41. The molecule has 0 amide bonds. The Morgan fingerprint density at radius 2 is 1.79 bits per heavy atom. The van der Waals surface area contributed by atoms with Gasteiger partial charge in [0.15, 0.2) is 0 Å². The highest BCUT2D eigenvalue weighted by Crippen LogP contribution is 2.42. The van der Waals surface area contributed by atoms with Crippen molar-refractivity contribution in [2.75, 3.05) is 13.1 Å². The molecule has 110 valence electrons. The zero-order chi connectivity index (χ0) is 13.5. The van der Waals surface area contributed by atoms with E-state index in [1.165, 1.54) is 58.0 Å². The zero-order valence-corrected chi connectivity index (χ0v) is 13.1. The lowest BCUT2D eigenvalue weighted by molar-refractivity contribution is 0.0182. The first-order valence-corrected chi connectivity index (χ1v) is 8.63. The summed E-state index contributed by atoms with van der Waals surface area (Å²) in [6.45, 7) is 9.80. The van der Waals surface area contributed by atoms with E-state index < -0.39 is 0 Å². The highest BCUT2D eigenvalue weighted by molar-refractivity contribution is 5.05. The molecule has 0 spiro atoms. The molecule has 1 aliphatic heterocycles. The maximum Gasteiger partial charge on any atom is 0.0309 e. The van der Waals surface area contributed by atoms with Gasteiger partial charge in [-0.25, -0.2) is 0 Å². The fraction of sp³-hybridized carbons (Fsp3) is 1.00. The molecule has 2 saturated carbocycles. The van der Waals surface area contributed by atoms with Crippen molar-refractivity contribution in [1.82, 2.24) is 10.2 Å². The average Bonchev–Trinajstić information content (AvgIpc) is 3.24. The van der Waals surface area contributed by atoms with E-state index >= 15 is 0 Å². The van der Waals surface area contributed by atoms with Crippen molar-refractivity contribution in [2.24, 2.45) is 11.8 Å². The molecule has 2 heteroatoms. The summed E-state index contributed by atoms with van der Waals surface area (Å²) in [6, 6.07) is 1.66. The predicted octanol–water partition coefficient (Wildman–Crippen LogP) is 3.42. The van der Waals surface area contributed by atoms with Crippen molar-refractivity contribution in [3.8, 4) is 0 Å². The minimum Gasteiger partial charge on any atom is -0.308 e. The Morgan fingerprint density at radius 3 is 2.37 bits per heavy atom. The molecule has 2 nitrogen and oxygen atoms in total. The van der Waals surface area contributed by atoms with Crippen LogP contribution in [-0.4, -0.2) is 35.6 Å². The lowest BCUT2D eigenvalue weighted by Gasteiger charge is -2.51. The fourth-order valence-electron chi connectivity index (χ4n) is 4.41. The normalized spacial score (nSPS) is 45.3. The zero-order valence-electron chi connectivity index (χ0n) is 13.1. The van der Waals surface area contributed by atoms with Crippen LogP contribution in [0.3, 0.4) is 0 Å². The first-order valence-electron chi connectivity index (χ1n) is 8.63. The number of rotatable bonds is 3. The van der Waals surface area contributed by atoms with Gasteiger partial charge in [0.1, 0.15) is 0 Å². The number of piperazine rings is 1. The maximum absolute atomic E-state index is 3.89. The second-order valence-electron chi connectivity index (χ2n) is 7.72. The smallest absolute Gasteiger partial charge is 0.0309 e. The summed E-state index contributed by atoms with van der Waals surface area (Å²) in [4.78, 5) is 2.90. The largest absolute Gasteiger partial charge is 0.308 e. The third-order valence-corrected chi connectivity index (χ3v) is 6.13. The van der Waals surface area contributed by atoms with Crippen molar-refractivity contribution < 1.29 is 0 Å². The minimum atomic E-state index is 0.411. The van der Waals surface area contributed by atoms with Crippen molar-refractivity contribution in [1.29, 1.82) is 0 Å². The van der Waals surface area contributed by atoms with Gasteiger partial charge in [0.25, 0.3) is 0 Å². The van der Waals surface area contributed by atoms with Crippen molar-refractivity contribution >= 4 is 0 Å². The molecule has 0 radical (unpaired) electrons. The Morgan fingerprint density at radius 1 is 1.11 bits per heavy atom. The molecule has 3 rings (SSSR count). The van der Waals surface area contributed by atoms with Gasteiger partial charge in [0.2, 0.25) is 0 Å². The van der Waals surface area contributed by atoms with E-state index in [9.17, 15) is 0 Å². The van der Waals surface area contributed by atoms with Crippen LogP contribution in [-0.2, 0) is 0 Å². The molecule has 0 aromatic carbocycles. The third-order valence-electron chi connectivity index (χ3n) is 6.13. The van der Waals surface area contributed by atoms with E-state index in [-0.39, 0.29) is 0 Å². The van der Waals surface area contributed by atoms with Gasteiger partial charge in [0.05, 0.1) is 0 Å². The molecular weight excluding hydrogens is 232 g/mol. The molecule has 19 heavy (non-hydrogen) atoms.